The van der Waals surface area contributed by atoms with Crippen LogP contribution in [0.15, 0.2) is 53.3 Å². The number of aromatic nitrogens is 4. The molecule has 2 heterocycles. The second-order valence-electron chi connectivity index (χ2n) is 6.79. The molecule has 0 saturated heterocycles. The molecule has 156 valence electrons. The maximum absolute atomic E-state index is 13.2. The molecule has 4 rings (SSSR count). The van der Waals surface area contributed by atoms with Gasteiger partial charge in [-0.1, -0.05) is 18.2 Å². The van der Waals surface area contributed by atoms with Gasteiger partial charge in [0.05, 0.1) is 28.0 Å². The number of H-pyrrole nitrogens is 1. The Morgan fingerprint density at radius 3 is 2.32 bits per heavy atom. The Labute approximate surface area is 174 Å². The first-order valence-corrected chi connectivity index (χ1v) is 9.27. The van der Waals surface area contributed by atoms with Crippen molar-refractivity contribution < 1.29 is 14.0 Å². The summed E-state index contributed by atoms with van der Waals surface area (Å²) in [7, 11) is 0. The van der Waals surface area contributed by atoms with Crippen LogP contribution in [0.2, 0.25) is 0 Å². The minimum absolute atomic E-state index is 0.0362. The Kier molecular flexibility index (Phi) is 5.04. The fraction of sp³-hybridized carbons (Fsp3) is 0.0952. The molecule has 0 unspecified atom stereocenters. The molecule has 2 aromatic carbocycles. The van der Waals surface area contributed by atoms with Crippen LogP contribution in [0.1, 0.15) is 32.2 Å². The number of carbonyl (C=O) groups is 2. The quantitative estimate of drug-likeness (QED) is 0.437. The summed E-state index contributed by atoms with van der Waals surface area (Å²) in [6.07, 6.45) is 0. The van der Waals surface area contributed by atoms with Crippen LogP contribution in [0, 0.1) is 19.7 Å². The summed E-state index contributed by atoms with van der Waals surface area (Å²) in [5.41, 5.74) is 6.01. The van der Waals surface area contributed by atoms with Crippen LogP contribution in [0.25, 0.3) is 16.5 Å². The van der Waals surface area contributed by atoms with E-state index >= 15 is 0 Å². The third kappa shape index (κ3) is 3.66. The molecule has 0 aliphatic rings. The first-order valence-electron chi connectivity index (χ1n) is 9.27. The van der Waals surface area contributed by atoms with Crippen LogP contribution in [0.4, 0.5) is 4.39 Å². The maximum Gasteiger partial charge on any atom is 0.290 e. The third-order valence-electron chi connectivity index (χ3n) is 4.79. The van der Waals surface area contributed by atoms with Gasteiger partial charge in [0.2, 0.25) is 0 Å². The first kappa shape index (κ1) is 20.0. The maximum atomic E-state index is 13.2. The van der Waals surface area contributed by atoms with Crippen molar-refractivity contribution in [2.45, 2.75) is 13.8 Å². The number of nitrogens with one attached hydrogen (secondary N) is 3. The average Bonchev–Trinajstić information content (AvgIpc) is 3.07. The molecule has 4 aromatic rings. The molecule has 0 saturated carbocycles. The largest absolute Gasteiger partial charge is 0.290 e. The van der Waals surface area contributed by atoms with Crippen LogP contribution in [-0.4, -0.2) is 31.8 Å². The predicted octanol–water partition coefficient (Wildman–Crippen LogP) is 1.94. The highest BCUT2D eigenvalue weighted by molar-refractivity contribution is 6.06. The molecule has 2 amide bonds. The number of amides is 2. The molecule has 0 atom stereocenters. The van der Waals surface area contributed by atoms with Crippen molar-refractivity contribution in [1.82, 2.24) is 30.8 Å². The van der Waals surface area contributed by atoms with Gasteiger partial charge >= 0.3 is 0 Å². The zero-order valence-corrected chi connectivity index (χ0v) is 16.6. The molecule has 31 heavy (non-hydrogen) atoms. The zero-order valence-electron chi connectivity index (χ0n) is 16.6. The lowest BCUT2D eigenvalue weighted by Gasteiger charge is -2.09. The molecule has 10 heteroatoms. The molecule has 3 N–H and O–H groups in total. The smallest absolute Gasteiger partial charge is 0.267 e. The van der Waals surface area contributed by atoms with Crippen molar-refractivity contribution in [2.75, 3.05) is 0 Å². The van der Waals surface area contributed by atoms with Crippen molar-refractivity contribution in [3.05, 3.63) is 87.3 Å². The highest BCUT2D eigenvalue weighted by atomic mass is 19.1. The number of rotatable bonds is 3. The summed E-state index contributed by atoms with van der Waals surface area (Å²) in [5.74, 6) is -1.65. The first-order chi connectivity index (χ1) is 14.9. The lowest BCUT2D eigenvalue weighted by atomic mass is 10.1. The van der Waals surface area contributed by atoms with Crippen LogP contribution < -0.4 is 16.4 Å². The highest BCUT2D eigenvalue weighted by Gasteiger charge is 2.21. The number of benzene rings is 2. The topological polar surface area (TPSA) is 122 Å². The average molecular weight is 420 g/mol. The number of aryl methyl sites for hydroxylation is 1. The zero-order chi connectivity index (χ0) is 22.1. The second kappa shape index (κ2) is 7.82. The van der Waals surface area contributed by atoms with Gasteiger partial charge in [0, 0.05) is 5.39 Å². The fourth-order valence-electron chi connectivity index (χ4n) is 3.33. The number of fused-ring (bicyclic) bond motifs is 1. The van der Waals surface area contributed by atoms with E-state index in [-0.39, 0.29) is 17.1 Å². The number of aromatic amines is 1. The van der Waals surface area contributed by atoms with Crippen LogP contribution in [0.3, 0.4) is 0 Å². The predicted molar refractivity (Wildman–Crippen MR) is 110 cm³/mol. The second-order valence-corrected chi connectivity index (χ2v) is 6.79. The fourth-order valence-corrected chi connectivity index (χ4v) is 3.33. The lowest BCUT2D eigenvalue weighted by molar-refractivity contribution is 0.0843. The summed E-state index contributed by atoms with van der Waals surface area (Å²) in [5, 5.41) is 11.1. The van der Waals surface area contributed by atoms with E-state index in [0.29, 0.717) is 27.8 Å². The third-order valence-corrected chi connectivity index (χ3v) is 4.79. The van der Waals surface area contributed by atoms with Gasteiger partial charge in [0.15, 0.2) is 5.69 Å². The number of hydrogen-bond donors (Lipinski definition) is 3. The van der Waals surface area contributed by atoms with E-state index in [2.05, 4.69) is 26.1 Å². The minimum Gasteiger partial charge on any atom is -0.267 e. The van der Waals surface area contributed by atoms with E-state index in [1.165, 1.54) is 16.8 Å². The van der Waals surface area contributed by atoms with E-state index in [1.54, 1.807) is 50.2 Å². The van der Waals surface area contributed by atoms with E-state index in [9.17, 15) is 18.8 Å². The van der Waals surface area contributed by atoms with Crippen molar-refractivity contribution in [2.24, 2.45) is 0 Å². The van der Waals surface area contributed by atoms with E-state index < -0.39 is 17.4 Å². The van der Waals surface area contributed by atoms with Crippen molar-refractivity contribution in [3.8, 4) is 5.69 Å². The van der Waals surface area contributed by atoms with E-state index in [0.717, 1.165) is 0 Å². The molecule has 0 bridgehead atoms. The Morgan fingerprint density at radius 1 is 0.968 bits per heavy atom. The van der Waals surface area contributed by atoms with Crippen LogP contribution >= 0.6 is 0 Å². The van der Waals surface area contributed by atoms with Crippen LogP contribution in [0.5, 0.6) is 0 Å². The van der Waals surface area contributed by atoms with Gasteiger partial charge < -0.3 is 0 Å². The summed E-state index contributed by atoms with van der Waals surface area (Å²) in [6, 6.07) is 12.2. The molecule has 0 aliphatic carbocycles. The number of carbonyl (C=O) groups excluding carboxylic acids is 2. The number of hydrazine groups is 1. The summed E-state index contributed by atoms with van der Waals surface area (Å²) in [4.78, 5) is 37.2. The van der Waals surface area contributed by atoms with E-state index in [1.807, 2.05) is 0 Å². The van der Waals surface area contributed by atoms with Gasteiger partial charge in [0.25, 0.3) is 17.4 Å². The van der Waals surface area contributed by atoms with Crippen molar-refractivity contribution in [1.29, 1.82) is 0 Å². The molecule has 0 spiro atoms. The standard InChI is InChI=1S/C21H17FN6O3/c1-11-17(12(2)28(27-11)14-9-7-13(22)8-10-14)20(30)25-26-21(31)18-15-5-3-4-6-16(15)19(29)24-23-18/h3-10H,1-2H3,(H,24,29)(H,25,30)(H,26,31). The van der Waals surface area contributed by atoms with Gasteiger partial charge in [-0.2, -0.15) is 10.2 Å². The molecule has 2 aromatic heterocycles. The van der Waals surface area contributed by atoms with Crippen molar-refractivity contribution in [3.63, 3.8) is 0 Å². The van der Waals surface area contributed by atoms with Gasteiger partial charge in [-0.25, -0.2) is 14.2 Å². The van der Waals surface area contributed by atoms with Gasteiger partial charge in [0.1, 0.15) is 5.82 Å². The number of nitrogens with zero attached hydrogens (tertiary/aromatic N) is 3. The number of halogens is 1. The number of hydrogen-bond acceptors (Lipinski definition) is 5. The monoisotopic (exact) mass is 420 g/mol. The van der Waals surface area contributed by atoms with Gasteiger partial charge in [-0.15, -0.1) is 0 Å². The summed E-state index contributed by atoms with van der Waals surface area (Å²) in [6.45, 7) is 3.35. The molecule has 0 aliphatic heterocycles. The normalized spacial score (nSPS) is 10.8. The molecular weight excluding hydrogens is 403 g/mol. The molecule has 9 nitrogen and oxygen atoms in total. The van der Waals surface area contributed by atoms with E-state index in [4.69, 9.17) is 0 Å². The summed E-state index contributed by atoms with van der Waals surface area (Å²) < 4.78 is 14.7. The molecule has 0 fully saturated rings. The Balaban J connectivity index is 1.56. The Morgan fingerprint density at radius 2 is 1.61 bits per heavy atom. The SMILES string of the molecule is Cc1nn(-c2ccc(F)cc2)c(C)c1C(=O)NNC(=O)c1n[nH]c(=O)c2ccccc12. The Hall–Kier alpha value is -4.34. The van der Waals surface area contributed by atoms with Gasteiger partial charge in [-0.05, 0) is 44.2 Å². The molecule has 0 radical (unpaired) electrons. The minimum atomic E-state index is -0.693. The summed E-state index contributed by atoms with van der Waals surface area (Å²) >= 11 is 0. The van der Waals surface area contributed by atoms with Crippen LogP contribution in [-0.2, 0) is 0 Å². The highest BCUT2D eigenvalue weighted by Crippen LogP contribution is 2.18. The van der Waals surface area contributed by atoms with Gasteiger partial charge in [-0.3, -0.25) is 25.2 Å². The Bertz CT molecular complexity index is 1370. The lowest BCUT2D eigenvalue weighted by Crippen LogP contribution is -2.42. The van der Waals surface area contributed by atoms with Crippen molar-refractivity contribution >= 4 is 22.6 Å². The molecular formula is C21H17FN6O3.